The van der Waals surface area contributed by atoms with Gasteiger partial charge in [-0.1, -0.05) is 0 Å². The van der Waals surface area contributed by atoms with E-state index in [0.29, 0.717) is 0 Å². The summed E-state index contributed by atoms with van der Waals surface area (Å²) in [7, 11) is -13.9. The third-order valence-electron chi connectivity index (χ3n) is 2.58. The monoisotopic (exact) mass is 360 g/mol. The standard InChI is InChI=1S/C9H12O9S3/c1-6-8(20(13,14)15)4-7(2-3-19(10,11)12)5-9(6)21(16,17)18/h4-5H,2-3H2,1H3,(H,10,11,12)(H,13,14,15)(H,16,17,18). The Bertz CT molecular complexity index is 810. The molecule has 0 saturated heterocycles. The second-order valence-electron chi connectivity index (χ2n) is 4.20. The van der Waals surface area contributed by atoms with Crippen molar-refractivity contribution in [2.45, 2.75) is 23.1 Å². The topological polar surface area (TPSA) is 163 Å². The predicted octanol–water partition coefficient (Wildman–Crippen LogP) is -0.0813. The molecule has 0 saturated carbocycles. The molecule has 12 heteroatoms. The second-order valence-corrected chi connectivity index (χ2v) is 8.56. The predicted molar refractivity (Wildman–Crippen MR) is 70.9 cm³/mol. The Labute approximate surface area is 121 Å². The third-order valence-corrected chi connectivity index (χ3v) is 5.26. The van der Waals surface area contributed by atoms with Gasteiger partial charge in [-0.25, -0.2) is 0 Å². The van der Waals surface area contributed by atoms with Crippen molar-refractivity contribution in [1.82, 2.24) is 0 Å². The third kappa shape index (κ3) is 5.01. The van der Waals surface area contributed by atoms with Gasteiger partial charge in [0, 0.05) is 0 Å². The van der Waals surface area contributed by atoms with Gasteiger partial charge in [0.15, 0.2) is 0 Å². The van der Waals surface area contributed by atoms with Gasteiger partial charge in [0.2, 0.25) is 0 Å². The minimum atomic E-state index is -4.78. The van der Waals surface area contributed by atoms with E-state index in [9.17, 15) is 25.3 Å². The smallest absolute Gasteiger partial charge is 0.286 e. The first-order valence-electron chi connectivity index (χ1n) is 5.25. The minimum absolute atomic E-state index is 0.113. The van der Waals surface area contributed by atoms with Crippen molar-refractivity contribution >= 4 is 30.4 Å². The van der Waals surface area contributed by atoms with Crippen LogP contribution in [0.2, 0.25) is 0 Å². The van der Waals surface area contributed by atoms with Gasteiger partial charge in [-0.3, -0.25) is 13.7 Å². The molecule has 9 nitrogen and oxygen atoms in total. The first kappa shape index (κ1) is 18.0. The molecule has 0 fully saturated rings. The summed E-state index contributed by atoms with van der Waals surface area (Å²) in [4.78, 5) is -1.55. The van der Waals surface area contributed by atoms with Gasteiger partial charge in [-0.05, 0) is 36.6 Å². The highest BCUT2D eigenvalue weighted by Crippen LogP contribution is 2.25. The number of hydrogen-bond acceptors (Lipinski definition) is 6. The van der Waals surface area contributed by atoms with Crippen molar-refractivity contribution in [3.05, 3.63) is 23.3 Å². The molecule has 0 aliphatic carbocycles. The fraction of sp³-hybridized carbons (Fsp3) is 0.333. The summed E-state index contributed by atoms with van der Waals surface area (Å²) in [5.74, 6) is -0.786. The summed E-state index contributed by atoms with van der Waals surface area (Å²) in [6, 6.07) is 1.73. The first-order valence-corrected chi connectivity index (χ1v) is 9.74. The van der Waals surface area contributed by atoms with Gasteiger partial charge in [-0.2, -0.15) is 25.3 Å². The molecule has 1 aromatic carbocycles. The molecule has 1 rings (SSSR count). The number of benzene rings is 1. The molecule has 21 heavy (non-hydrogen) atoms. The largest absolute Gasteiger partial charge is 0.294 e. The summed E-state index contributed by atoms with van der Waals surface area (Å²) in [5.41, 5.74) is -0.519. The van der Waals surface area contributed by atoms with E-state index >= 15 is 0 Å². The molecular formula is C9H12O9S3. The normalized spacial score (nSPS) is 13.3. The van der Waals surface area contributed by atoms with Crippen LogP contribution in [0.4, 0.5) is 0 Å². The maximum absolute atomic E-state index is 11.2. The van der Waals surface area contributed by atoms with Gasteiger partial charge in [0.25, 0.3) is 30.4 Å². The zero-order valence-corrected chi connectivity index (χ0v) is 13.0. The maximum Gasteiger partial charge on any atom is 0.294 e. The Morgan fingerprint density at radius 1 is 0.857 bits per heavy atom. The van der Waals surface area contributed by atoms with Crippen LogP contribution in [-0.2, 0) is 36.8 Å². The minimum Gasteiger partial charge on any atom is -0.286 e. The van der Waals surface area contributed by atoms with Crippen molar-refractivity contribution in [1.29, 1.82) is 0 Å². The van der Waals surface area contributed by atoms with Crippen LogP contribution in [0, 0.1) is 6.92 Å². The summed E-state index contributed by atoms with van der Waals surface area (Å²) in [6.07, 6.45) is -0.413. The Morgan fingerprint density at radius 2 is 1.24 bits per heavy atom. The molecule has 0 unspecified atom stereocenters. The quantitative estimate of drug-likeness (QED) is 0.609. The molecule has 0 aromatic heterocycles. The molecule has 0 spiro atoms. The summed E-state index contributed by atoms with van der Waals surface area (Å²) in [5, 5.41) is 0. The van der Waals surface area contributed by atoms with E-state index in [1.807, 2.05) is 0 Å². The van der Waals surface area contributed by atoms with Gasteiger partial charge in [0.05, 0.1) is 15.5 Å². The van der Waals surface area contributed by atoms with Crippen LogP contribution in [0.5, 0.6) is 0 Å². The molecule has 1 aromatic rings. The SMILES string of the molecule is Cc1c(S(=O)(=O)O)cc(CCS(=O)(=O)O)cc1S(=O)(=O)O. The van der Waals surface area contributed by atoms with E-state index in [2.05, 4.69) is 0 Å². The van der Waals surface area contributed by atoms with E-state index in [-0.39, 0.29) is 5.56 Å². The van der Waals surface area contributed by atoms with Crippen LogP contribution < -0.4 is 0 Å². The highest BCUT2D eigenvalue weighted by Gasteiger charge is 2.23. The molecule has 0 aliphatic heterocycles. The molecular weight excluding hydrogens is 348 g/mol. The Kier molecular flexibility index (Phi) is 4.82. The zero-order chi connectivity index (χ0) is 16.6. The summed E-state index contributed by atoms with van der Waals surface area (Å²) < 4.78 is 92.8. The second kappa shape index (κ2) is 5.62. The van der Waals surface area contributed by atoms with Crippen LogP contribution in [-0.4, -0.2) is 44.7 Å². The average molecular weight is 360 g/mol. The first-order chi connectivity index (χ1) is 9.22. The van der Waals surface area contributed by atoms with E-state index in [1.165, 1.54) is 0 Å². The lowest BCUT2D eigenvalue weighted by Crippen LogP contribution is -2.11. The lowest BCUT2D eigenvalue weighted by Gasteiger charge is -2.10. The molecule has 3 N–H and O–H groups in total. The van der Waals surface area contributed by atoms with Crippen molar-refractivity contribution in [3.8, 4) is 0 Å². The van der Waals surface area contributed by atoms with E-state index < -0.39 is 57.9 Å². The average Bonchev–Trinajstić information content (AvgIpc) is 2.23. The van der Waals surface area contributed by atoms with Crippen LogP contribution in [0.15, 0.2) is 21.9 Å². The number of aryl methyl sites for hydroxylation is 1. The summed E-state index contributed by atoms with van der Waals surface area (Å²) >= 11 is 0. The van der Waals surface area contributed by atoms with Crippen LogP contribution >= 0.6 is 0 Å². The fourth-order valence-electron chi connectivity index (χ4n) is 1.64. The van der Waals surface area contributed by atoms with Crippen molar-refractivity contribution in [3.63, 3.8) is 0 Å². The molecule has 0 bridgehead atoms. The van der Waals surface area contributed by atoms with Crippen molar-refractivity contribution in [2.24, 2.45) is 0 Å². The van der Waals surface area contributed by atoms with Gasteiger partial charge in [-0.15, -0.1) is 0 Å². The number of hydrogen-bond donors (Lipinski definition) is 3. The van der Waals surface area contributed by atoms with E-state index in [1.54, 1.807) is 0 Å². The molecule has 0 atom stereocenters. The van der Waals surface area contributed by atoms with Gasteiger partial charge in [0.1, 0.15) is 0 Å². The fourth-order valence-corrected chi connectivity index (χ4v) is 3.80. The van der Waals surface area contributed by atoms with Crippen LogP contribution in [0.3, 0.4) is 0 Å². The Morgan fingerprint density at radius 3 is 1.52 bits per heavy atom. The highest BCUT2D eigenvalue weighted by atomic mass is 32.2. The van der Waals surface area contributed by atoms with Crippen LogP contribution in [0.25, 0.3) is 0 Å². The molecule has 0 amide bonds. The number of rotatable bonds is 5. The molecule has 0 aliphatic rings. The van der Waals surface area contributed by atoms with Gasteiger partial charge >= 0.3 is 0 Å². The van der Waals surface area contributed by atoms with E-state index in [0.717, 1.165) is 19.1 Å². The highest BCUT2D eigenvalue weighted by molar-refractivity contribution is 7.86. The van der Waals surface area contributed by atoms with Crippen molar-refractivity contribution in [2.75, 3.05) is 5.75 Å². The lowest BCUT2D eigenvalue weighted by molar-refractivity contribution is 0.478. The van der Waals surface area contributed by atoms with E-state index in [4.69, 9.17) is 13.7 Å². The lowest BCUT2D eigenvalue weighted by atomic mass is 10.1. The molecule has 120 valence electrons. The van der Waals surface area contributed by atoms with Gasteiger partial charge < -0.3 is 0 Å². The van der Waals surface area contributed by atoms with Crippen molar-refractivity contribution < 1.29 is 38.9 Å². The molecule has 0 heterocycles. The summed E-state index contributed by atoms with van der Waals surface area (Å²) in [6.45, 7) is 1.05. The van der Waals surface area contributed by atoms with Crippen LogP contribution in [0.1, 0.15) is 11.1 Å². The zero-order valence-electron chi connectivity index (χ0n) is 10.6. The molecule has 0 radical (unpaired) electrons. The Hall–Kier alpha value is -1.05. The maximum atomic E-state index is 11.2. The Balaban J connectivity index is 3.56.